The van der Waals surface area contributed by atoms with E-state index < -0.39 is 28.8 Å². The topological polar surface area (TPSA) is 45.5 Å². The van der Waals surface area contributed by atoms with Crippen LogP contribution >= 0.6 is 0 Å². The van der Waals surface area contributed by atoms with Crippen LogP contribution in [-0.4, -0.2) is 31.3 Å². The van der Waals surface area contributed by atoms with Gasteiger partial charge in [-0.1, -0.05) is 43.3 Å². The fraction of sp³-hybridized carbons (Fsp3) is 0.360. The molecular weight excluding hydrogens is 449 g/mol. The standard InChI is InChI=1S/C25H27F3N2O2S/c1-2-22-15-23(33(32)30-12-3-4-13-30)16-29(22)17-24(31)19-10-8-18(9-11-19)20-6-5-7-21(14-20)25(26,27)28/h5-11,14-16,24,31H,2-4,12-13,17H2,1H3. The lowest BCUT2D eigenvalue weighted by molar-refractivity contribution is -0.137. The van der Waals surface area contributed by atoms with Gasteiger partial charge in [0.1, 0.15) is 11.0 Å². The van der Waals surface area contributed by atoms with Gasteiger partial charge in [0.05, 0.1) is 23.1 Å². The van der Waals surface area contributed by atoms with Crippen LogP contribution in [0.15, 0.2) is 65.7 Å². The first-order chi connectivity index (χ1) is 15.8. The van der Waals surface area contributed by atoms with Crippen LogP contribution < -0.4 is 0 Å². The van der Waals surface area contributed by atoms with Gasteiger partial charge in [-0.15, -0.1) is 0 Å². The number of aliphatic hydroxyl groups excluding tert-OH is 1. The van der Waals surface area contributed by atoms with Crippen LogP contribution in [0, 0.1) is 0 Å². The summed E-state index contributed by atoms with van der Waals surface area (Å²) >= 11 is 0. The highest BCUT2D eigenvalue weighted by Gasteiger charge is 2.30. The molecule has 0 bridgehead atoms. The summed E-state index contributed by atoms with van der Waals surface area (Å²) in [6.07, 6.45) is -0.473. The van der Waals surface area contributed by atoms with E-state index in [2.05, 4.69) is 0 Å². The van der Waals surface area contributed by atoms with Gasteiger partial charge in [-0.3, -0.25) is 0 Å². The second-order valence-electron chi connectivity index (χ2n) is 8.27. The predicted molar refractivity (Wildman–Crippen MR) is 123 cm³/mol. The minimum Gasteiger partial charge on any atom is -0.387 e. The number of aliphatic hydroxyl groups is 1. The minimum absolute atomic E-state index is 0.309. The third kappa shape index (κ3) is 5.39. The number of hydrogen-bond acceptors (Lipinski definition) is 2. The molecule has 0 spiro atoms. The van der Waals surface area contributed by atoms with Gasteiger partial charge in [-0.05, 0) is 54.2 Å². The quantitative estimate of drug-likeness (QED) is 0.483. The number of aryl methyl sites for hydroxylation is 1. The summed E-state index contributed by atoms with van der Waals surface area (Å²) in [5, 5.41) is 10.8. The van der Waals surface area contributed by atoms with Gasteiger partial charge < -0.3 is 9.67 Å². The van der Waals surface area contributed by atoms with Gasteiger partial charge in [0.25, 0.3) is 0 Å². The third-order valence-electron chi connectivity index (χ3n) is 6.01. The average Bonchev–Trinajstić information content (AvgIpc) is 3.48. The lowest BCUT2D eigenvalue weighted by Gasteiger charge is -2.15. The van der Waals surface area contributed by atoms with E-state index in [4.69, 9.17) is 0 Å². The van der Waals surface area contributed by atoms with Crippen molar-refractivity contribution in [3.05, 3.63) is 77.6 Å². The van der Waals surface area contributed by atoms with Crippen LogP contribution in [0.1, 0.15) is 42.7 Å². The molecule has 2 heterocycles. The van der Waals surface area contributed by atoms with Crippen LogP contribution in [0.3, 0.4) is 0 Å². The maximum absolute atomic E-state index is 13.0. The van der Waals surface area contributed by atoms with E-state index in [9.17, 15) is 22.5 Å². The smallest absolute Gasteiger partial charge is 0.387 e. The van der Waals surface area contributed by atoms with Crippen molar-refractivity contribution < 1.29 is 22.5 Å². The molecule has 0 saturated carbocycles. The Labute approximate surface area is 194 Å². The Balaban J connectivity index is 1.49. The zero-order valence-corrected chi connectivity index (χ0v) is 19.2. The van der Waals surface area contributed by atoms with Crippen molar-refractivity contribution in [2.24, 2.45) is 0 Å². The number of hydrogen-bond donors (Lipinski definition) is 1. The summed E-state index contributed by atoms with van der Waals surface area (Å²) in [5.74, 6) is 0. The summed E-state index contributed by atoms with van der Waals surface area (Å²) < 4.78 is 55.8. The number of nitrogens with zero attached hydrogens (tertiary/aromatic N) is 2. The molecule has 33 heavy (non-hydrogen) atoms. The van der Waals surface area contributed by atoms with Crippen molar-refractivity contribution in [1.82, 2.24) is 8.87 Å². The summed E-state index contributed by atoms with van der Waals surface area (Å²) in [6.45, 7) is 3.99. The van der Waals surface area contributed by atoms with Crippen LogP contribution in [0.25, 0.3) is 11.1 Å². The van der Waals surface area contributed by atoms with Crippen molar-refractivity contribution in [2.45, 2.75) is 49.9 Å². The van der Waals surface area contributed by atoms with Crippen LogP contribution in [0.4, 0.5) is 13.2 Å². The monoisotopic (exact) mass is 476 g/mol. The van der Waals surface area contributed by atoms with E-state index in [1.807, 2.05) is 28.1 Å². The molecule has 0 radical (unpaired) electrons. The summed E-state index contributed by atoms with van der Waals surface area (Å²) in [5.41, 5.74) is 2.10. The maximum Gasteiger partial charge on any atom is 0.416 e. The molecule has 1 aliphatic rings. The van der Waals surface area contributed by atoms with E-state index in [-0.39, 0.29) is 0 Å². The van der Waals surface area contributed by atoms with Crippen molar-refractivity contribution in [3.63, 3.8) is 0 Å². The number of halogens is 3. The number of alkyl halides is 3. The second-order valence-corrected chi connectivity index (χ2v) is 9.76. The zero-order chi connectivity index (χ0) is 23.6. The molecule has 4 nitrogen and oxygen atoms in total. The van der Waals surface area contributed by atoms with Gasteiger partial charge in [-0.25, -0.2) is 8.51 Å². The van der Waals surface area contributed by atoms with Crippen LogP contribution in [0.2, 0.25) is 0 Å². The summed E-state index contributed by atoms with van der Waals surface area (Å²) in [7, 11) is -1.19. The molecule has 2 aromatic carbocycles. The first-order valence-corrected chi connectivity index (χ1v) is 12.2. The van der Waals surface area contributed by atoms with Gasteiger partial charge in [0.2, 0.25) is 0 Å². The average molecular weight is 477 g/mol. The van der Waals surface area contributed by atoms with Gasteiger partial charge in [-0.2, -0.15) is 13.2 Å². The van der Waals surface area contributed by atoms with E-state index in [0.717, 1.165) is 55.1 Å². The van der Waals surface area contributed by atoms with E-state index in [1.165, 1.54) is 6.07 Å². The van der Waals surface area contributed by atoms with Crippen molar-refractivity contribution in [3.8, 4) is 11.1 Å². The molecular formula is C25H27F3N2O2S. The molecule has 2 atom stereocenters. The molecule has 4 rings (SSSR count). The van der Waals surface area contributed by atoms with Gasteiger partial charge in [0.15, 0.2) is 0 Å². The van der Waals surface area contributed by atoms with E-state index in [1.54, 1.807) is 30.3 Å². The Morgan fingerprint density at radius 1 is 1.03 bits per heavy atom. The predicted octanol–water partition coefficient (Wildman–Crippen LogP) is 5.59. The molecule has 0 amide bonds. The maximum atomic E-state index is 13.0. The molecule has 1 fully saturated rings. The second kappa shape index (κ2) is 9.83. The highest BCUT2D eigenvalue weighted by molar-refractivity contribution is 7.82. The lowest BCUT2D eigenvalue weighted by Crippen LogP contribution is -2.21. The molecule has 176 valence electrons. The van der Waals surface area contributed by atoms with Crippen LogP contribution in [-0.2, 0) is 30.1 Å². The van der Waals surface area contributed by atoms with Crippen molar-refractivity contribution >= 4 is 11.0 Å². The SMILES string of the molecule is CCc1cc(S(=O)N2CCCC2)cn1CC(O)c1ccc(-c2cccc(C(F)(F)F)c2)cc1. The summed E-state index contributed by atoms with van der Waals surface area (Å²) in [4.78, 5) is 0.751. The summed E-state index contributed by atoms with van der Waals surface area (Å²) in [6, 6.07) is 14.1. The highest BCUT2D eigenvalue weighted by atomic mass is 32.2. The highest BCUT2D eigenvalue weighted by Crippen LogP contribution is 2.32. The van der Waals surface area contributed by atoms with Crippen molar-refractivity contribution in [2.75, 3.05) is 13.1 Å². The third-order valence-corrected chi connectivity index (χ3v) is 7.47. The molecule has 1 saturated heterocycles. The Morgan fingerprint density at radius 3 is 2.36 bits per heavy atom. The molecule has 3 aromatic rings. The fourth-order valence-corrected chi connectivity index (χ4v) is 5.50. The molecule has 1 aromatic heterocycles. The normalized spacial score (nSPS) is 16.8. The Morgan fingerprint density at radius 2 is 1.73 bits per heavy atom. The molecule has 1 aliphatic heterocycles. The Kier molecular flexibility index (Phi) is 7.07. The van der Waals surface area contributed by atoms with Crippen molar-refractivity contribution in [1.29, 1.82) is 0 Å². The first kappa shape index (κ1) is 23.7. The van der Waals surface area contributed by atoms with Gasteiger partial charge in [0, 0.05) is 25.0 Å². The molecule has 0 aliphatic carbocycles. The number of aromatic nitrogens is 1. The zero-order valence-electron chi connectivity index (χ0n) is 18.4. The molecule has 8 heteroatoms. The molecule has 1 N–H and O–H groups in total. The Bertz CT molecular complexity index is 1120. The minimum atomic E-state index is -4.39. The fourth-order valence-electron chi connectivity index (χ4n) is 4.16. The number of rotatable bonds is 7. The lowest BCUT2D eigenvalue weighted by atomic mass is 10.00. The first-order valence-electron chi connectivity index (χ1n) is 11.1. The van der Waals surface area contributed by atoms with E-state index >= 15 is 0 Å². The van der Waals surface area contributed by atoms with Crippen LogP contribution in [0.5, 0.6) is 0 Å². The number of benzene rings is 2. The Hall–Kier alpha value is -2.42. The molecule has 2 unspecified atom stereocenters. The van der Waals surface area contributed by atoms with E-state index in [0.29, 0.717) is 23.2 Å². The largest absolute Gasteiger partial charge is 0.416 e. The van der Waals surface area contributed by atoms with Gasteiger partial charge >= 0.3 is 6.18 Å².